The van der Waals surface area contributed by atoms with E-state index in [2.05, 4.69) is 0 Å². The maximum Gasteiger partial charge on any atom is 0.315 e. The number of carboxylic acids is 1. The summed E-state index contributed by atoms with van der Waals surface area (Å²) in [6, 6.07) is 0. The lowest BCUT2D eigenvalue weighted by molar-refractivity contribution is -0.163. The second kappa shape index (κ2) is 4.02. The Bertz CT molecular complexity index is 374. The van der Waals surface area contributed by atoms with Crippen LogP contribution in [0.25, 0.3) is 0 Å². The van der Waals surface area contributed by atoms with Crippen LogP contribution >= 0.6 is 0 Å². The van der Waals surface area contributed by atoms with Gasteiger partial charge in [-0.15, -0.1) is 0 Å². The van der Waals surface area contributed by atoms with Crippen molar-refractivity contribution in [2.24, 2.45) is 5.92 Å². The van der Waals surface area contributed by atoms with Crippen LogP contribution in [-0.4, -0.2) is 35.5 Å². The van der Waals surface area contributed by atoms with E-state index in [1.807, 2.05) is 0 Å². The molecule has 1 aliphatic carbocycles. The van der Waals surface area contributed by atoms with Crippen molar-refractivity contribution < 1.29 is 19.4 Å². The van der Waals surface area contributed by atoms with Crippen LogP contribution in [0.5, 0.6) is 0 Å². The van der Waals surface area contributed by atoms with Gasteiger partial charge in [-0.1, -0.05) is 18.2 Å². The molecule has 1 heterocycles. The largest absolute Gasteiger partial charge is 0.481 e. The normalized spacial score (nSPS) is 31.8. The van der Waals surface area contributed by atoms with Crippen LogP contribution in [-0.2, 0) is 14.3 Å². The van der Waals surface area contributed by atoms with E-state index in [0.29, 0.717) is 0 Å². The summed E-state index contributed by atoms with van der Waals surface area (Å²) in [6.07, 6.45) is 10.0. The van der Waals surface area contributed by atoms with Gasteiger partial charge in [0.15, 0.2) is 12.5 Å². The van der Waals surface area contributed by atoms with Gasteiger partial charge < -0.3 is 19.5 Å². The first-order valence-electron chi connectivity index (χ1n) is 4.90. The smallest absolute Gasteiger partial charge is 0.315 e. The van der Waals surface area contributed by atoms with E-state index in [1.165, 1.54) is 13.4 Å². The molecule has 2 aliphatic rings. The minimum Gasteiger partial charge on any atom is -0.481 e. The fourth-order valence-corrected chi connectivity index (χ4v) is 1.96. The Morgan fingerprint density at radius 1 is 1.62 bits per heavy atom. The minimum absolute atomic E-state index is 0.287. The topological polar surface area (TPSA) is 59.0 Å². The summed E-state index contributed by atoms with van der Waals surface area (Å²) in [5.41, 5.74) is -1.01. The van der Waals surface area contributed by atoms with Crippen molar-refractivity contribution in [2.75, 3.05) is 13.8 Å². The Balaban J connectivity index is 2.36. The lowest BCUT2D eigenvalue weighted by Gasteiger charge is -2.41. The van der Waals surface area contributed by atoms with Crippen molar-refractivity contribution >= 4 is 5.97 Å². The summed E-state index contributed by atoms with van der Waals surface area (Å²) in [7, 11) is 1.49. The number of hydrogen-bond acceptors (Lipinski definition) is 4. The number of hydrogen-bond donors (Lipinski definition) is 1. The molecule has 0 aromatic rings. The Kier molecular flexibility index (Phi) is 2.70. The van der Waals surface area contributed by atoms with Crippen LogP contribution in [0.2, 0.25) is 0 Å². The lowest BCUT2D eigenvalue weighted by Crippen LogP contribution is -2.53. The third-order valence-electron chi connectivity index (χ3n) is 2.79. The molecule has 0 fully saturated rings. The van der Waals surface area contributed by atoms with Gasteiger partial charge >= 0.3 is 5.97 Å². The van der Waals surface area contributed by atoms with Crippen LogP contribution in [0.3, 0.4) is 0 Å². The van der Waals surface area contributed by atoms with Gasteiger partial charge in [-0.25, -0.2) is 0 Å². The Morgan fingerprint density at radius 2 is 2.44 bits per heavy atom. The van der Waals surface area contributed by atoms with E-state index in [9.17, 15) is 9.90 Å². The number of carboxylic acid groups (broad SMARTS) is 1. The fraction of sp³-hybridized carbons (Fsp3) is 0.364. The predicted octanol–water partition coefficient (Wildman–Crippen LogP) is 0.917. The third kappa shape index (κ3) is 1.49. The van der Waals surface area contributed by atoms with Gasteiger partial charge in [0.25, 0.3) is 0 Å². The molecule has 5 nitrogen and oxygen atoms in total. The summed E-state index contributed by atoms with van der Waals surface area (Å²) < 4.78 is 10.5. The molecule has 1 N–H and O–H groups in total. The Labute approximate surface area is 93.3 Å². The highest BCUT2D eigenvalue weighted by Crippen LogP contribution is 2.33. The number of ether oxygens (including phenoxy) is 2. The van der Waals surface area contributed by atoms with Crippen molar-refractivity contribution in [1.29, 1.82) is 0 Å². The Hall–Kier alpha value is -1.75. The Morgan fingerprint density at radius 3 is 3.00 bits per heavy atom. The van der Waals surface area contributed by atoms with E-state index in [-0.39, 0.29) is 6.73 Å². The summed E-state index contributed by atoms with van der Waals surface area (Å²) in [5.74, 6) is -1.68. The molecule has 1 aliphatic heterocycles. The molecule has 5 heteroatoms. The fourth-order valence-electron chi connectivity index (χ4n) is 1.96. The number of allylic oxidation sites excluding steroid dienone is 2. The summed E-state index contributed by atoms with van der Waals surface area (Å²) in [4.78, 5) is 12.9. The van der Waals surface area contributed by atoms with E-state index in [1.54, 1.807) is 35.4 Å². The van der Waals surface area contributed by atoms with Gasteiger partial charge in [0.2, 0.25) is 0 Å². The molecule has 0 bridgehead atoms. The molecule has 0 saturated carbocycles. The van der Waals surface area contributed by atoms with Gasteiger partial charge in [-0.3, -0.25) is 4.79 Å². The molecule has 0 spiro atoms. The average molecular weight is 223 g/mol. The first-order valence-corrected chi connectivity index (χ1v) is 4.90. The molecule has 2 unspecified atom stereocenters. The van der Waals surface area contributed by atoms with Crippen LogP contribution in [0, 0.1) is 5.92 Å². The SMILES string of the molecule is COC1(N2C=COC2)C=CC=CC1C(=O)O. The van der Waals surface area contributed by atoms with Gasteiger partial charge in [0, 0.05) is 13.3 Å². The highest BCUT2D eigenvalue weighted by Gasteiger charge is 2.46. The van der Waals surface area contributed by atoms with Crippen LogP contribution < -0.4 is 0 Å². The second-order valence-electron chi connectivity index (χ2n) is 3.57. The third-order valence-corrected chi connectivity index (χ3v) is 2.79. The molecule has 0 aromatic heterocycles. The summed E-state index contributed by atoms with van der Waals surface area (Å²) in [6.45, 7) is 0.287. The molecule has 0 amide bonds. The maximum atomic E-state index is 11.2. The summed E-state index contributed by atoms with van der Waals surface area (Å²) >= 11 is 0. The molecule has 0 aromatic carbocycles. The molecule has 2 atom stereocenters. The van der Waals surface area contributed by atoms with Crippen molar-refractivity contribution in [3.63, 3.8) is 0 Å². The average Bonchev–Trinajstić information content (AvgIpc) is 2.82. The lowest BCUT2D eigenvalue weighted by atomic mass is 9.90. The van der Waals surface area contributed by atoms with E-state index in [4.69, 9.17) is 9.47 Å². The number of aliphatic carboxylic acids is 1. The maximum absolute atomic E-state index is 11.2. The highest BCUT2D eigenvalue weighted by atomic mass is 16.5. The van der Waals surface area contributed by atoms with Crippen molar-refractivity contribution in [3.8, 4) is 0 Å². The monoisotopic (exact) mass is 223 g/mol. The van der Waals surface area contributed by atoms with E-state index in [0.717, 1.165) is 0 Å². The minimum atomic E-state index is -1.01. The van der Waals surface area contributed by atoms with Gasteiger partial charge in [0.1, 0.15) is 12.2 Å². The van der Waals surface area contributed by atoms with Crippen molar-refractivity contribution in [3.05, 3.63) is 36.8 Å². The number of carbonyl (C=O) groups is 1. The van der Waals surface area contributed by atoms with Crippen LogP contribution in [0.4, 0.5) is 0 Å². The molecular formula is C11H13NO4. The summed E-state index contributed by atoms with van der Waals surface area (Å²) in [5, 5.41) is 9.21. The van der Waals surface area contributed by atoms with E-state index < -0.39 is 17.6 Å². The zero-order valence-corrected chi connectivity index (χ0v) is 8.87. The predicted molar refractivity (Wildman–Crippen MR) is 56.1 cm³/mol. The van der Waals surface area contributed by atoms with E-state index >= 15 is 0 Å². The first-order chi connectivity index (χ1) is 7.70. The molecule has 0 saturated heterocycles. The van der Waals surface area contributed by atoms with Crippen molar-refractivity contribution in [2.45, 2.75) is 5.72 Å². The van der Waals surface area contributed by atoms with Crippen LogP contribution in [0.15, 0.2) is 36.8 Å². The molecular weight excluding hydrogens is 210 g/mol. The standard InChI is InChI=1S/C11H13NO4/c1-15-11(12-6-7-16-8-12)5-3-2-4-9(11)10(13)14/h2-7,9H,8H2,1H3,(H,13,14). The zero-order chi connectivity index (χ0) is 11.6. The molecule has 16 heavy (non-hydrogen) atoms. The molecule has 2 rings (SSSR count). The van der Waals surface area contributed by atoms with Gasteiger partial charge in [-0.2, -0.15) is 0 Å². The van der Waals surface area contributed by atoms with Gasteiger partial charge in [0.05, 0.1) is 0 Å². The number of rotatable bonds is 3. The molecule has 0 radical (unpaired) electrons. The van der Waals surface area contributed by atoms with Gasteiger partial charge in [-0.05, 0) is 6.08 Å². The number of nitrogens with zero attached hydrogens (tertiary/aromatic N) is 1. The number of methoxy groups -OCH3 is 1. The van der Waals surface area contributed by atoms with Crippen molar-refractivity contribution in [1.82, 2.24) is 4.90 Å². The van der Waals surface area contributed by atoms with Crippen LogP contribution in [0.1, 0.15) is 0 Å². The molecule has 86 valence electrons. The first kappa shape index (κ1) is 10.8. The zero-order valence-electron chi connectivity index (χ0n) is 8.87. The highest BCUT2D eigenvalue weighted by molar-refractivity contribution is 5.75. The second-order valence-corrected chi connectivity index (χ2v) is 3.57. The quantitative estimate of drug-likeness (QED) is 0.770.